The van der Waals surface area contributed by atoms with Gasteiger partial charge in [-0.2, -0.15) is 0 Å². The fourth-order valence-electron chi connectivity index (χ4n) is 4.72. The Hall–Kier alpha value is -2.81. The Kier molecular flexibility index (Phi) is 4.74. The van der Waals surface area contributed by atoms with E-state index in [0.29, 0.717) is 37.8 Å². The molecule has 1 amide bonds. The molecule has 1 aliphatic carbocycles. The first-order valence-corrected chi connectivity index (χ1v) is 11.8. The molecule has 4 heterocycles. The van der Waals surface area contributed by atoms with Crippen LogP contribution in [0.2, 0.25) is 0 Å². The second-order valence-corrected chi connectivity index (χ2v) is 9.87. The van der Waals surface area contributed by atoms with Gasteiger partial charge in [0.2, 0.25) is 5.95 Å². The number of benzene rings is 1. The van der Waals surface area contributed by atoms with Crippen LogP contribution >= 0.6 is 11.3 Å². The van der Waals surface area contributed by atoms with Crippen molar-refractivity contribution in [1.29, 1.82) is 0 Å². The van der Waals surface area contributed by atoms with Crippen molar-refractivity contribution in [3.05, 3.63) is 58.7 Å². The molecule has 3 aliphatic rings. The quantitative estimate of drug-likeness (QED) is 0.660. The van der Waals surface area contributed by atoms with Crippen molar-refractivity contribution < 1.29 is 14.6 Å². The summed E-state index contributed by atoms with van der Waals surface area (Å²) in [6.45, 7) is 3.35. The first kappa shape index (κ1) is 19.8. The fraction of sp³-hybridized carbons (Fsp3) is 0.375. The SMILES string of the molecule is O=C(c1ccc2c(c1)N(c1ncc(-c3ccc(CO)s3)cn1)CC21CC1)N1CCOCC1. The molecule has 2 aromatic heterocycles. The monoisotopic (exact) mass is 448 g/mol. The largest absolute Gasteiger partial charge is 0.391 e. The molecule has 32 heavy (non-hydrogen) atoms. The summed E-state index contributed by atoms with van der Waals surface area (Å²) in [5, 5.41) is 9.32. The molecule has 0 radical (unpaired) electrons. The summed E-state index contributed by atoms with van der Waals surface area (Å²) in [6, 6.07) is 10.0. The highest BCUT2D eigenvalue weighted by Gasteiger charge is 2.52. The van der Waals surface area contributed by atoms with E-state index < -0.39 is 0 Å². The third-order valence-corrected chi connectivity index (χ3v) is 7.82. The number of carbonyl (C=O) groups is 1. The van der Waals surface area contributed by atoms with Gasteiger partial charge in [0.05, 0.1) is 19.8 Å². The van der Waals surface area contributed by atoms with Gasteiger partial charge in [0, 0.05) is 64.0 Å². The third kappa shape index (κ3) is 3.30. The summed E-state index contributed by atoms with van der Waals surface area (Å²) in [5.41, 5.74) is 4.17. The van der Waals surface area contributed by atoms with E-state index in [-0.39, 0.29) is 17.9 Å². The van der Waals surface area contributed by atoms with Crippen LogP contribution in [-0.4, -0.2) is 58.7 Å². The van der Waals surface area contributed by atoms with Crippen molar-refractivity contribution in [2.24, 2.45) is 0 Å². The summed E-state index contributed by atoms with van der Waals surface area (Å²) >= 11 is 1.55. The Morgan fingerprint density at radius 1 is 1.12 bits per heavy atom. The van der Waals surface area contributed by atoms with E-state index in [1.165, 1.54) is 5.56 Å². The van der Waals surface area contributed by atoms with Crippen molar-refractivity contribution in [1.82, 2.24) is 14.9 Å². The number of hydrogen-bond acceptors (Lipinski definition) is 7. The molecule has 0 bridgehead atoms. The van der Waals surface area contributed by atoms with Gasteiger partial charge in [-0.25, -0.2) is 9.97 Å². The minimum absolute atomic E-state index is 0.0434. The number of ether oxygens (including phenoxy) is 1. The van der Waals surface area contributed by atoms with E-state index in [9.17, 15) is 9.90 Å². The molecule has 2 aliphatic heterocycles. The molecule has 0 unspecified atom stereocenters. The van der Waals surface area contributed by atoms with E-state index in [0.717, 1.165) is 40.4 Å². The number of thiophene rings is 1. The summed E-state index contributed by atoms with van der Waals surface area (Å²) < 4.78 is 5.39. The minimum Gasteiger partial charge on any atom is -0.391 e. The van der Waals surface area contributed by atoms with Crippen LogP contribution < -0.4 is 4.90 Å². The number of hydrogen-bond donors (Lipinski definition) is 1. The summed E-state index contributed by atoms with van der Waals surface area (Å²) in [7, 11) is 0. The minimum atomic E-state index is 0.0434. The van der Waals surface area contributed by atoms with Crippen LogP contribution in [0.3, 0.4) is 0 Å². The number of aliphatic hydroxyl groups excluding tert-OH is 1. The molecule has 1 saturated carbocycles. The second-order valence-electron chi connectivity index (χ2n) is 8.70. The van der Waals surface area contributed by atoms with Gasteiger partial charge in [-0.05, 0) is 42.7 Å². The maximum Gasteiger partial charge on any atom is 0.254 e. The van der Waals surface area contributed by atoms with Gasteiger partial charge < -0.3 is 19.6 Å². The van der Waals surface area contributed by atoms with Gasteiger partial charge in [0.25, 0.3) is 5.91 Å². The molecule has 1 aromatic carbocycles. The lowest BCUT2D eigenvalue weighted by Gasteiger charge is -2.27. The van der Waals surface area contributed by atoms with E-state index in [2.05, 4.69) is 20.9 Å². The van der Waals surface area contributed by atoms with Crippen LogP contribution in [0.15, 0.2) is 42.7 Å². The summed E-state index contributed by atoms with van der Waals surface area (Å²) in [5.74, 6) is 0.718. The lowest BCUT2D eigenvalue weighted by Crippen LogP contribution is -2.40. The predicted molar refractivity (Wildman–Crippen MR) is 122 cm³/mol. The molecule has 1 spiro atoms. The van der Waals surface area contributed by atoms with Crippen molar-refractivity contribution in [2.45, 2.75) is 24.9 Å². The standard InChI is InChI=1S/C24H24N4O3S/c29-14-18-2-4-21(32-18)17-12-25-23(26-13-17)28-15-24(5-6-24)19-3-1-16(11-20(19)28)22(30)27-7-9-31-10-8-27/h1-4,11-13,29H,5-10,14-15H2. The highest BCUT2D eigenvalue weighted by Crippen LogP contribution is 2.57. The van der Waals surface area contributed by atoms with Crippen molar-refractivity contribution in [3.8, 4) is 10.4 Å². The highest BCUT2D eigenvalue weighted by atomic mass is 32.1. The first-order chi connectivity index (χ1) is 15.7. The number of aromatic nitrogens is 2. The highest BCUT2D eigenvalue weighted by molar-refractivity contribution is 7.15. The number of aliphatic hydroxyl groups is 1. The number of nitrogens with zero attached hydrogens (tertiary/aromatic N) is 4. The van der Waals surface area contributed by atoms with Gasteiger partial charge >= 0.3 is 0 Å². The zero-order valence-corrected chi connectivity index (χ0v) is 18.5. The maximum atomic E-state index is 13.1. The molecular formula is C24H24N4O3S. The number of carbonyl (C=O) groups excluding carboxylic acids is 1. The summed E-state index contributed by atoms with van der Waals surface area (Å²) in [6.07, 6.45) is 6.00. The average Bonchev–Trinajstić information content (AvgIpc) is 3.34. The second kappa shape index (κ2) is 7.65. The van der Waals surface area contributed by atoms with Crippen LogP contribution in [0.5, 0.6) is 0 Å². The molecule has 164 valence electrons. The molecule has 6 rings (SSSR count). The van der Waals surface area contributed by atoms with Crippen molar-refractivity contribution in [3.63, 3.8) is 0 Å². The Bertz CT molecular complexity index is 1170. The van der Waals surface area contributed by atoms with Crippen LogP contribution in [0.4, 0.5) is 11.6 Å². The van der Waals surface area contributed by atoms with E-state index in [1.807, 2.05) is 41.6 Å². The molecule has 2 fully saturated rings. The Morgan fingerprint density at radius 3 is 2.59 bits per heavy atom. The lowest BCUT2D eigenvalue weighted by atomic mass is 9.97. The van der Waals surface area contributed by atoms with Crippen molar-refractivity contribution in [2.75, 3.05) is 37.7 Å². The van der Waals surface area contributed by atoms with Gasteiger partial charge in [-0.1, -0.05) is 6.07 Å². The van der Waals surface area contributed by atoms with Gasteiger partial charge in [0.15, 0.2) is 0 Å². The van der Waals surface area contributed by atoms with Crippen LogP contribution in [-0.2, 0) is 16.8 Å². The number of morpholine rings is 1. The lowest BCUT2D eigenvalue weighted by molar-refractivity contribution is 0.0303. The fourth-order valence-corrected chi connectivity index (χ4v) is 5.56. The number of amides is 1. The van der Waals surface area contributed by atoms with Gasteiger partial charge in [-0.15, -0.1) is 11.3 Å². The third-order valence-electron chi connectivity index (χ3n) is 6.70. The maximum absolute atomic E-state index is 13.1. The van der Waals surface area contributed by atoms with E-state index in [4.69, 9.17) is 4.74 Å². The van der Waals surface area contributed by atoms with Crippen LogP contribution in [0.1, 0.15) is 33.6 Å². The van der Waals surface area contributed by atoms with E-state index >= 15 is 0 Å². The molecule has 3 aromatic rings. The van der Waals surface area contributed by atoms with Gasteiger partial charge in [0.1, 0.15) is 0 Å². The molecule has 1 saturated heterocycles. The molecule has 7 nitrogen and oxygen atoms in total. The molecule has 1 N–H and O–H groups in total. The Balaban J connectivity index is 1.31. The first-order valence-electron chi connectivity index (χ1n) is 11.0. The van der Waals surface area contributed by atoms with Crippen molar-refractivity contribution >= 4 is 28.9 Å². The van der Waals surface area contributed by atoms with Crippen LogP contribution in [0, 0.1) is 0 Å². The Morgan fingerprint density at radius 2 is 1.91 bits per heavy atom. The molecule has 8 heteroatoms. The zero-order chi connectivity index (χ0) is 21.7. The normalized spacial score (nSPS) is 18.8. The van der Waals surface area contributed by atoms with Gasteiger partial charge in [-0.3, -0.25) is 4.79 Å². The molecular weight excluding hydrogens is 424 g/mol. The average molecular weight is 449 g/mol. The number of fused-ring (bicyclic) bond motifs is 2. The summed E-state index contributed by atoms with van der Waals surface area (Å²) in [4.78, 5) is 28.4. The Labute approximate surface area is 190 Å². The number of rotatable bonds is 4. The van der Waals surface area contributed by atoms with Crippen LogP contribution in [0.25, 0.3) is 10.4 Å². The molecule has 0 atom stereocenters. The topological polar surface area (TPSA) is 78.8 Å². The zero-order valence-electron chi connectivity index (χ0n) is 17.7. The smallest absolute Gasteiger partial charge is 0.254 e. The van der Waals surface area contributed by atoms with E-state index in [1.54, 1.807) is 11.3 Å². The number of anilines is 2. The predicted octanol–water partition coefficient (Wildman–Crippen LogP) is 3.35.